The van der Waals surface area contributed by atoms with Crippen molar-refractivity contribution in [3.63, 3.8) is 0 Å². The third-order valence-corrected chi connectivity index (χ3v) is 4.42. The van der Waals surface area contributed by atoms with Gasteiger partial charge in [-0.2, -0.15) is 5.10 Å². The van der Waals surface area contributed by atoms with Gasteiger partial charge in [-0.3, -0.25) is 4.79 Å². The second-order valence-electron chi connectivity index (χ2n) is 5.97. The van der Waals surface area contributed by atoms with Crippen LogP contribution >= 0.6 is 15.9 Å². The van der Waals surface area contributed by atoms with Gasteiger partial charge in [0.2, 0.25) is 0 Å². The molecule has 1 amide bonds. The highest BCUT2D eigenvalue weighted by atomic mass is 79.9. The number of benzene rings is 2. The van der Waals surface area contributed by atoms with Crippen molar-refractivity contribution in [1.82, 2.24) is 5.43 Å². The molecule has 25 heavy (non-hydrogen) atoms. The number of rotatable bonds is 6. The Kier molecular flexibility index (Phi) is 6.58. The number of carbonyl (C=O) groups is 1. The van der Waals surface area contributed by atoms with Gasteiger partial charge in [0, 0.05) is 4.47 Å². The minimum Gasteiger partial charge on any atom is -0.508 e. The number of phenolic OH excluding ortho intramolecular Hbond substituents is 1. The third kappa shape index (κ3) is 5.60. The van der Waals surface area contributed by atoms with Crippen LogP contribution in [-0.4, -0.2) is 23.8 Å². The molecule has 0 aliphatic rings. The predicted molar refractivity (Wildman–Crippen MR) is 102 cm³/mol. The maximum absolute atomic E-state index is 11.9. The molecule has 0 saturated carbocycles. The smallest absolute Gasteiger partial charge is 0.277 e. The molecule has 0 aromatic heterocycles. The Hall–Kier alpha value is -2.34. The number of halogens is 1. The van der Waals surface area contributed by atoms with Gasteiger partial charge in [0.05, 0.1) is 6.21 Å². The molecule has 0 fully saturated rings. The monoisotopic (exact) mass is 404 g/mol. The summed E-state index contributed by atoms with van der Waals surface area (Å²) >= 11 is 3.52. The summed E-state index contributed by atoms with van der Waals surface area (Å²) in [6.07, 6.45) is 1.50. The first kappa shape index (κ1) is 19.0. The van der Waals surface area contributed by atoms with E-state index < -0.39 is 0 Å². The lowest BCUT2D eigenvalue weighted by Crippen LogP contribution is -2.25. The van der Waals surface area contributed by atoms with E-state index in [1.54, 1.807) is 24.3 Å². The van der Waals surface area contributed by atoms with E-state index in [1.807, 2.05) is 19.1 Å². The average molecular weight is 405 g/mol. The van der Waals surface area contributed by atoms with Crippen LogP contribution in [-0.2, 0) is 4.79 Å². The van der Waals surface area contributed by atoms with Crippen LogP contribution < -0.4 is 10.2 Å². The van der Waals surface area contributed by atoms with Gasteiger partial charge in [-0.25, -0.2) is 5.43 Å². The van der Waals surface area contributed by atoms with Crippen molar-refractivity contribution in [2.45, 2.75) is 26.7 Å². The normalized spacial score (nSPS) is 11.1. The fourth-order valence-electron chi connectivity index (χ4n) is 2.16. The zero-order valence-electron chi connectivity index (χ0n) is 14.4. The molecule has 0 bridgehead atoms. The first-order chi connectivity index (χ1) is 11.9. The molecule has 0 atom stereocenters. The lowest BCUT2D eigenvalue weighted by Gasteiger charge is -2.15. The van der Waals surface area contributed by atoms with Crippen LogP contribution in [0.1, 0.15) is 36.5 Å². The van der Waals surface area contributed by atoms with Gasteiger partial charge >= 0.3 is 0 Å². The summed E-state index contributed by atoms with van der Waals surface area (Å²) in [7, 11) is 0. The number of hydrazone groups is 1. The van der Waals surface area contributed by atoms with E-state index in [2.05, 4.69) is 40.3 Å². The first-order valence-electron chi connectivity index (χ1n) is 7.90. The fraction of sp³-hybridized carbons (Fsp3) is 0.263. The molecule has 2 aromatic carbocycles. The van der Waals surface area contributed by atoms with Gasteiger partial charge < -0.3 is 9.84 Å². The molecule has 0 aliphatic heterocycles. The van der Waals surface area contributed by atoms with Crippen LogP contribution in [0.4, 0.5) is 0 Å². The van der Waals surface area contributed by atoms with Gasteiger partial charge in [-0.15, -0.1) is 0 Å². The minimum absolute atomic E-state index is 0.117. The maximum Gasteiger partial charge on any atom is 0.277 e. The average Bonchev–Trinajstić information content (AvgIpc) is 2.57. The van der Waals surface area contributed by atoms with Gasteiger partial charge in [-0.1, -0.05) is 29.8 Å². The number of hydrogen-bond donors (Lipinski definition) is 2. The molecule has 5 nitrogen and oxygen atoms in total. The summed E-state index contributed by atoms with van der Waals surface area (Å²) in [5, 5.41) is 13.1. The minimum atomic E-state index is -0.342. The number of nitrogens with one attached hydrogen (secondary N) is 1. The topological polar surface area (TPSA) is 70.9 Å². The van der Waals surface area contributed by atoms with Gasteiger partial charge in [0.25, 0.3) is 5.91 Å². The number of carbonyl (C=O) groups excluding carboxylic acids is 1. The number of hydrogen-bond acceptors (Lipinski definition) is 4. The van der Waals surface area contributed by atoms with Crippen molar-refractivity contribution in [2.75, 3.05) is 6.61 Å². The van der Waals surface area contributed by atoms with Crippen molar-refractivity contribution < 1.29 is 14.6 Å². The van der Waals surface area contributed by atoms with E-state index in [0.29, 0.717) is 5.75 Å². The summed E-state index contributed by atoms with van der Waals surface area (Å²) < 4.78 is 6.69. The molecule has 2 N–H and O–H groups in total. The van der Waals surface area contributed by atoms with Crippen LogP contribution in [0.15, 0.2) is 46.0 Å². The molecule has 0 aliphatic carbocycles. The maximum atomic E-state index is 11.9. The lowest BCUT2D eigenvalue weighted by molar-refractivity contribution is -0.123. The molecule has 0 saturated heterocycles. The SMILES string of the molecule is Cc1cc(OCC(=O)N/N=C/c2ccc(O)cc2)c(C(C)C)cc1Br. The van der Waals surface area contributed by atoms with Crippen LogP contribution in [0.2, 0.25) is 0 Å². The zero-order valence-corrected chi connectivity index (χ0v) is 16.0. The number of phenols is 1. The van der Waals surface area contributed by atoms with Crippen molar-refractivity contribution >= 4 is 28.1 Å². The molecule has 0 unspecified atom stereocenters. The summed E-state index contributed by atoms with van der Waals surface area (Å²) in [4.78, 5) is 11.9. The van der Waals surface area contributed by atoms with Crippen LogP contribution in [0, 0.1) is 6.92 Å². The highest BCUT2D eigenvalue weighted by molar-refractivity contribution is 9.10. The molecule has 2 rings (SSSR count). The summed E-state index contributed by atoms with van der Waals surface area (Å²) in [6, 6.07) is 10.4. The van der Waals surface area contributed by atoms with E-state index in [1.165, 1.54) is 6.21 Å². The Morgan fingerprint density at radius 3 is 2.64 bits per heavy atom. The molecule has 132 valence electrons. The molecular weight excluding hydrogens is 384 g/mol. The van der Waals surface area contributed by atoms with Crippen molar-refractivity contribution in [3.05, 3.63) is 57.6 Å². The van der Waals surface area contributed by atoms with Crippen LogP contribution in [0.25, 0.3) is 0 Å². The predicted octanol–water partition coefficient (Wildman–Crippen LogP) is 4.12. The molecular formula is C19H21BrN2O3. The molecule has 0 spiro atoms. The van der Waals surface area contributed by atoms with E-state index in [9.17, 15) is 9.90 Å². The molecule has 0 radical (unpaired) electrons. The van der Waals surface area contributed by atoms with Crippen molar-refractivity contribution in [2.24, 2.45) is 5.10 Å². The molecule has 2 aromatic rings. The largest absolute Gasteiger partial charge is 0.508 e. The Morgan fingerprint density at radius 2 is 2.00 bits per heavy atom. The fourth-order valence-corrected chi connectivity index (χ4v) is 2.52. The van der Waals surface area contributed by atoms with Gasteiger partial charge in [0.15, 0.2) is 6.61 Å². The van der Waals surface area contributed by atoms with Crippen molar-refractivity contribution in [3.8, 4) is 11.5 Å². The summed E-state index contributed by atoms with van der Waals surface area (Å²) in [6.45, 7) is 6.01. The molecule has 6 heteroatoms. The van der Waals surface area contributed by atoms with Gasteiger partial charge in [-0.05, 0) is 65.9 Å². The highest BCUT2D eigenvalue weighted by Crippen LogP contribution is 2.32. The van der Waals surface area contributed by atoms with E-state index in [0.717, 1.165) is 21.2 Å². The number of aryl methyl sites for hydroxylation is 1. The highest BCUT2D eigenvalue weighted by Gasteiger charge is 2.12. The number of aromatic hydroxyl groups is 1. The van der Waals surface area contributed by atoms with Crippen LogP contribution in [0.3, 0.4) is 0 Å². The Balaban J connectivity index is 1.93. The van der Waals surface area contributed by atoms with Crippen LogP contribution in [0.5, 0.6) is 11.5 Å². The Labute approximate surface area is 155 Å². The number of ether oxygens (including phenoxy) is 1. The lowest BCUT2D eigenvalue weighted by atomic mass is 10.0. The second kappa shape index (κ2) is 8.67. The Morgan fingerprint density at radius 1 is 1.32 bits per heavy atom. The van der Waals surface area contributed by atoms with E-state index in [-0.39, 0.29) is 24.2 Å². The van der Waals surface area contributed by atoms with E-state index >= 15 is 0 Å². The summed E-state index contributed by atoms with van der Waals surface area (Å²) in [5.41, 5.74) is 5.28. The summed E-state index contributed by atoms with van der Waals surface area (Å²) in [5.74, 6) is 0.821. The molecule has 0 heterocycles. The number of amides is 1. The van der Waals surface area contributed by atoms with Crippen molar-refractivity contribution in [1.29, 1.82) is 0 Å². The van der Waals surface area contributed by atoms with Gasteiger partial charge in [0.1, 0.15) is 11.5 Å². The zero-order chi connectivity index (χ0) is 18.4. The first-order valence-corrected chi connectivity index (χ1v) is 8.70. The Bertz CT molecular complexity index is 771. The third-order valence-electron chi connectivity index (χ3n) is 3.57. The standard InChI is InChI=1S/C19H21BrN2O3/c1-12(2)16-9-17(20)13(3)8-18(16)25-11-19(24)22-21-10-14-4-6-15(23)7-5-14/h4-10,12,23H,11H2,1-3H3,(H,22,24)/b21-10+. The quantitative estimate of drug-likeness (QED) is 0.561. The second-order valence-corrected chi connectivity index (χ2v) is 6.82. The number of nitrogens with zero attached hydrogens (tertiary/aromatic N) is 1. The van der Waals surface area contributed by atoms with E-state index in [4.69, 9.17) is 4.74 Å².